The molecule has 1 aromatic rings. The molecule has 0 aromatic heterocycles. The van der Waals surface area contributed by atoms with Crippen LogP contribution in [0.1, 0.15) is 53.5 Å². The van der Waals surface area contributed by atoms with Crippen molar-refractivity contribution in [2.45, 2.75) is 66.5 Å². The first-order valence-corrected chi connectivity index (χ1v) is 8.81. The van der Waals surface area contributed by atoms with Crippen molar-refractivity contribution in [2.24, 2.45) is 11.8 Å². The first kappa shape index (κ1) is 19.7. The van der Waals surface area contributed by atoms with Gasteiger partial charge in [0.2, 0.25) is 0 Å². The number of carbonyl (C=O) groups is 1. The summed E-state index contributed by atoms with van der Waals surface area (Å²) < 4.78 is 5.70. The Kier molecular flexibility index (Phi) is 8.32. The zero-order chi connectivity index (χ0) is 17.4. The van der Waals surface area contributed by atoms with Gasteiger partial charge in [0.25, 0.3) is 0 Å². The second kappa shape index (κ2) is 9.71. The van der Waals surface area contributed by atoms with E-state index in [1.54, 1.807) is 0 Å². The van der Waals surface area contributed by atoms with Gasteiger partial charge in [0.15, 0.2) is 5.78 Å². The van der Waals surface area contributed by atoms with Crippen molar-refractivity contribution < 1.29 is 9.53 Å². The minimum atomic E-state index is -0.0631. The van der Waals surface area contributed by atoms with Crippen LogP contribution in [0.2, 0.25) is 0 Å². The fourth-order valence-corrected chi connectivity index (χ4v) is 2.44. The number of nitrogens with one attached hydrogen (secondary N) is 1. The molecule has 0 fully saturated rings. The maximum absolute atomic E-state index is 12.3. The van der Waals surface area contributed by atoms with E-state index >= 15 is 0 Å². The number of hydrogen-bond acceptors (Lipinski definition) is 3. The summed E-state index contributed by atoms with van der Waals surface area (Å²) in [5, 5.41) is 3.40. The third kappa shape index (κ3) is 7.65. The Morgan fingerprint density at radius 1 is 1.04 bits per heavy atom. The van der Waals surface area contributed by atoms with Crippen molar-refractivity contribution in [3.05, 3.63) is 29.8 Å². The number of ether oxygens (including phenoxy) is 1. The number of Topliss-reactive ketones (excluding diaryl/α,β-unsaturated/α-hetero) is 1. The Labute approximate surface area is 141 Å². The molecule has 0 amide bonds. The van der Waals surface area contributed by atoms with Gasteiger partial charge in [0.05, 0.1) is 12.6 Å². The molecule has 0 unspecified atom stereocenters. The van der Waals surface area contributed by atoms with Crippen molar-refractivity contribution in [3.8, 4) is 5.75 Å². The number of carbonyl (C=O) groups excluding carboxylic acids is 1. The summed E-state index contributed by atoms with van der Waals surface area (Å²) in [6.07, 6.45) is 1.73. The molecule has 130 valence electrons. The normalized spacial score (nSPS) is 12.9. The minimum absolute atomic E-state index is 0.0631. The van der Waals surface area contributed by atoms with Gasteiger partial charge < -0.3 is 10.1 Å². The second-order valence-electron chi connectivity index (χ2n) is 7.32. The molecule has 0 bridgehead atoms. The van der Waals surface area contributed by atoms with Crippen LogP contribution >= 0.6 is 0 Å². The van der Waals surface area contributed by atoms with Crippen LogP contribution in [-0.2, 0) is 11.2 Å². The van der Waals surface area contributed by atoms with Crippen molar-refractivity contribution in [1.82, 2.24) is 5.32 Å². The summed E-state index contributed by atoms with van der Waals surface area (Å²) in [6, 6.07) is 8.49. The summed E-state index contributed by atoms with van der Waals surface area (Å²) in [5.41, 5.74) is 1.24. The molecule has 1 atom stereocenters. The molecule has 0 spiro atoms. The molecule has 1 N–H and O–H groups in total. The van der Waals surface area contributed by atoms with Crippen LogP contribution in [0.4, 0.5) is 0 Å². The predicted molar refractivity (Wildman–Crippen MR) is 97.0 cm³/mol. The predicted octanol–water partition coefficient (Wildman–Crippen LogP) is 4.25. The topological polar surface area (TPSA) is 38.3 Å². The zero-order valence-corrected chi connectivity index (χ0v) is 15.6. The minimum Gasteiger partial charge on any atom is -0.493 e. The van der Waals surface area contributed by atoms with Crippen LogP contribution < -0.4 is 10.1 Å². The fourth-order valence-electron chi connectivity index (χ4n) is 2.44. The first-order chi connectivity index (χ1) is 10.8. The van der Waals surface area contributed by atoms with Crippen LogP contribution in [0.5, 0.6) is 5.75 Å². The van der Waals surface area contributed by atoms with Crippen LogP contribution in [-0.4, -0.2) is 24.5 Å². The molecule has 1 rings (SSSR count). The largest absolute Gasteiger partial charge is 0.493 e. The van der Waals surface area contributed by atoms with Gasteiger partial charge in [-0.3, -0.25) is 4.79 Å². The molecule has 0 aliphatic heterocycles. The second-order valence-corrected chi connectivity index (χ2v) is 7.32. The Morgan fingerprint density at radius 3 is 2.13 bits per heavy atom. The highest BCUT2D eigenvalue weighted by molar-refractivity contribution is 5.85. The molecular formula is C20H33NO2. The molecule has 1 aromatic carbocycles. The van der Waals surface area contributed by atoms with Gasteiger partial charge in [-0.15, -0.1) is 0 Å². The highest BCUT2D eigenvalue weighted by atomic mass is 16.5. The van der Waals surface area contributed by atoms with Gasteiger partial charge in [-0.05, 0) is 36.5 Å². The van der Waals surface area contributed by atoms with E-state index in [9.17, 15) is 4.79 Å². The van der Waals surface area contributed by atoms with Gasteiger partial charge in [-0.25, -0.2) is 0 Å². The van der Waals surface area contributed by atoms with Crippen molar-refractivity contribution in [1.29, 1.82) is 0 Å². The summed E-state index contributed by atoms with van der Waals surface area (Å²) in [4.78, 5) is 12.3. The monoisotopic (exact) mass is 319 g/mol. The lowest BCUT2D eigenvalue weighted by atomic mass is 9.95. The zero-order valence-electron chi connectivity index (χ0n) is 15.6. The number of benzene rings is 1. The number of hydrogen-bond donors (Lipinski definition) is 1. The van der Waals surface area contributed by atoms with E-state index in [1.807, 2.05) is 26.0 Å². The van der Waals surface area contributed by atoms with Gasteiger partial charge in [-0.1, -0.05) is 53.7 Å². The Hall–Kier alpha value is -1.35. The molecule has 0 aliphatic carbocycles. The SMILES string of the molecule is CC(C)COc1ccc(CC[C@@H](NC(C)C)C(=O)C(C)C)cc1. The van der Waals surface area contributed by atoms with Gasteiger partial charge >= 0.3 is 0 Å². The molecule has 0 saturated carbocycles. The van der Waals surface area contributed by atoms with Crippen molar-refractivity contribution in [3.63, 3.8) is 0 Å². The Bertz CT molecular complexity index is 463. The van der Waals surface area contributed by atoms with Gasteiger partial charge in [-0.2, -0.15) is 0 Å². The molecule has 0 saturated heterocycles. The van der Waals surface area contributed by atoms with Crippen molar-refractivity contribution >= 4 is 5.78 Å². The highest BCUT2D eigenvalue weighted by Gasteiger charge is 2.21. The molecular weight excluding hydrogens is 286 g/mol. The Balaban J connectivity index is 2.58. The van der Waals surface area contributed by atoms with Crippen LogP contribution in [0, 0.1) is 11.8 Å². The highest BCUT2D eigenvalue weighted by Crippen LogP contribution is 2.16. The van der Waals surface area contributed by atoms with E-state index in [2.05, 4.69) is 45.1 Å². The number of aryl methyl sites for hydroxylation is 1. The molecule has 3 nitrogen and oxygen atoms in total. The smallest absolute Gasteiger partial charge is 0.152 e. The van der Waals surface area contributed by atoms with Crippen LogP contribution in [0.3, 0.4) is 0 Å². The summed E-state index contributed by atoms with van der Waals surface area (Å²) in [7, 11) is 0. The molecule has 0 radical (unpaired) electrons. The lowest BCUT2D eigenvalue weighted by molar-refractivity contribution is -0.124. The average Bonchev–Trinajstić information content (AvgIpc) is 2.49. The number of ketones is 1. The van der Waals surface area contributed by atoms with Gasteiger partial charge in [0, 0.05) is 12.0 Å². The third-order valence-electron chi connectivity index (χ3n) is 3.68. The van der Waals surface area contributed by atoms with E-state index in [0.29, 0.717) is 17.7 Å². The molecule has 3 heteroatoms. The lowest BCUT2D eigenvalue weighted by Gasteiger charge is -2.22. The number of rotatable bonds is 10. The quantitative estimate of drug-likeness (QED) is 0.701. The van der Waals surface area contributed by atoms with Crippen LogP contribution in [0.15, 0.2) is 24.3 Å². The third-order valence-corrected chi connectivity index (χ3v) is 3.68. The van der Waals surface area contributed by atoms with Gasteiger partial charge in [0.1, 0.15) is 5.75 Å². The summed E-state index contributed by atoms with van der Waals surface area (Å²) >= 11 is 0. The average molecular weight is 319 g/mol. The van der Waals surface area contributed by atoms with E-state index in [1.165, 1.54) is 5.56 Å². The standard InChI is InChI=1S/C20H33NO2/c1-14(2)13-23-18-10-7-17(8-11-18)9-12-19(21-16(5)6)20(22)15(3)4/h7-8,10-11,14-16,19,21H,9,12-13H2,1-6H3/t19-/m1/s1. The van der Waals surface area contributed by atoms with Crippen LogP contribution in [0.25, 0.3) is 0 Å². The van der Waals surface area contributed by atoms with E-state index in [4.69, 9.17) is 4.74 Å². The maximum Gasteiger partial charge on any atom is 0.152 e. The summed E-state index contributed by atoms with van der Waals surface area (Å²) in [6.45, 7) is 13.1. The molecule has 23 heavy (non-hydrogen) atoms. The fraction of sp³-hybridized carbons (Fsp3) is 0.650. The Morgan fingerprint density at radius 2 is 1.65 bits per heavy atom. The van der Waals surface area contributed by atoms with E-state index < -0.39 is 0 Å². The summed E-state index contributed by atoms with van der Waals surface area (Å²) in [5.74, 6) is 1.81. The molecule has 0 heterocycles. The molecule has 0 aliphatic rings. The first-order valence-electron chi connectivity index (χ1n) is 8.81. The maximum atomic E-state index is 12.3. The van der Waals surface area contributed by atoms with E-state index in [0.717, 1.165) is 25.2 Å². The van der Waals surface area contributed by atoms with E-state index in [-0.39, 0.29) is 12.0 Å². The lowest BCUT2D eigenvalue weighted by Crippen LogP contribution is -2.43. The van der Waals surface area contributed by atoms with Crippen molar-refractivity contribution in [2.75, 3.05) is 6.61 Å².